The van der Waals surface area contributed by atoms with Crippen molar-refractivity contribution in [3.8, 4) is 5.75 Å². The van der Waals surface area contributed by atoms with Crippen molar-refractivity contribution in [1.29, 1.82) is 0 Å². The summed E-state index contributed by atoms with van der Waals surface area (Å²) in [5.74, 6) is 0.159. The highest BCUT2D eigenvalue weighted by atomic mass is 79.9. The topological polar surface area (TPSA) is 60.2 Å². The standard InChI is InChI=1S/C13H9BrF3N3O2S/c14-9-5-6-23-10(9)11-19-20-12(21-11)18-7-1-3-8(4-2-7)22-13(15,16)17/h1-6,9-10H,(H,18,20). The van der Waals surface area contributed by atoms with E-state index in [9.17, 15) is 13.2 Å². The van der Waals surface area contributed by atoms with E-state index < -0.39 is 6.36 Å². The van der Waals surface area contributed by atoms with E-state index in [1.54, 1.807) is 11.8 Å². The summed E-state index contributed by atoms with van der Waals surface area (Å²) >= 11 is 5.04. The van der Waals surface area contributed by atoms with Crippen molar-refractivity contribution < 1.29 is 22.3 Å². The molecule has 2 heterocycles. The molecule has 2 atom stereocenters. The number of hydrogen-bond donors (Lipinski definition) is 1. The quantitative estimate of drug-likeness (QED) is 0.736. The molecule has 1 N–H and O–H groups in total. The number of benzene rings is 1. The number of hydrogen-bond acceptors (Lipinski definition) is 6. The average Bonchev–Trinajstić information content (AvgIpc) is 3.08. The fraction of sp³-hybridized carbons (Fsp3) is 0.231. The second-order valence-electron chi connectivity index (χ2n) is 4.47. The van der Waals surface area contributed by atoms with Crippen LogP contribution in [0.15, 0.2) is 40.2 Å². The molecule has 0 bridgehead atoms. The van der Waals surface area contributed by atoms with Crippen LogP contribution in [0.4, 0.5) is 24.9 Å². The van der Waals surface area contributed by atoms with Crippen molar-refractivity contribution in [2.24, 2.45) is 0 Å². The van der Waals surface area contributed by atoms with Crippen molar-refractivity contribution in [3.63, 3.8) is 0 Å². The molecule has 1 aromatic carbocycles. The molecule has 23 heavy (non-hydrogen) atoms. The Hall–Kier alpha value is -1.68. The van der Waals surface area contributed by atoms with Gasteiger partial charge in [-0.1, -0.05) is 27.1 Å². The Bertz CT molecular complexity index is 705. The van der Waals surface area contributed by atoms with Gasteiger partial charge in [0.05, 0.1) is 4.83 Å². The largest absolute Gasteiger partial charge is 0.573 e. The third-order valence-electron chi connectivity index (χ3n) is 2.80. The molecule has 1 aromatic heterocycles. The van der Waals surface area contributed by atoms with Crippen LogP contribution in [0.1, 0.15) is 11.1 Å². The number of nitrogens with one attached hydrogen (secondary N) is 1. The van der Waals surface area contributed by atoms with E-state index >= 15 is 0 Å². The second-order valence-corrected chi connectivity index (χ2v) is 6.58. The van der Waals surface area contributed by atoms with Crippen LogP contribution in [0.2, 0.25) is 0 Å². The Morgan fingerprint density at radius 3 is 2.57 bits per heavy atom. The third-order valence-corrected chi connectivity index (χ3v) is 5.09. The van der Waals surface area contributed by atoms with Crippen LogP contribution in [0.3, 0.4) is 0 Å². The summed E-state index contributed by atoms with van der Waals surface area (Å²) in [4.78, 5) is 0.111. The predicted molar refractivity (Wildman–Crippen MR) is 82.9 cm³/mol. The first-order valence-electron chi connectivity index (χ1n) is 6.33. The molecular formula is C13H9BrF3N3O2S. The van der Waals surface area contributed by atoms with Crippen LogP contribution >= 0.6 is 27.7 Å². The maximum absolute atomic E-state index is 12.1. The zero-order chi connectivity index (χ0) is 16.4. The van der Waals surface area contributed by atoms with Gasteiger partial charge in [0.25, 0.3) is 0 Å². The first-order chi connectivity index (χ1) is 10.9. The number of alkyl halides is 4. The molecule has 0 aliphatic carbocycles. The Morgan fingerprint density at radius 2 is 1.96 bits per heavy atom. The van der Waals surface area contributed by atoms with Gasteiger partial charge in [-0.3, -0.25) is 0 Å². The molecule has 0 radical (unpaired) electrons. The fourth-order valence-corrected chi connectivity index (χ4v) is 3.68. The Labute approximate surface area is 141 Å². The molecule has 122 valence electrons. The molecule has 0 saturated heterocycles. The lowest BCUT2D eigenvalue weighted by molar-refractivity contribution is -0.274. The average molecular weight is 408 g/mol. The van der Waals surface area contributed by atoms with E-state index in [0.717, 1.165) is 0 Å². The van der Waals surface area contributed by atoms with Gasteiger partial charge in [0.2, 0.25) is 5.89 Å². The molecule has 1 aliphatic rings. The Balaban J connectivity index is 1.64. The van der Waals surface area contributed by atoms with Gasteiger partial charge in [-0.15, -0.1) is 30.0 Å². The van der Waals surface area contributed by atoms with E-state index in [0.29, 0.717) is 11.6 Å². The van der Waals surface area contributed by atoms with Crippen LogP contribution in [0, 0.1) is 0 Å². The zero-order valence-corrected chi connectivity index (χ0v) is 13.7. The lowest BCUT2D eigenvalue weighted by Crippen LogP contribution is -2.16. The Morgan fingerprint density at radius 1 is 1.22 bits per heavy atom. The molecule has 2 unspecified atom stereocenters. The third kappa shape index (κ3) is 4.20. The maximum atomic E-state index is 12.1. The summed E-state index contributed by atoms with van der Waals surface area (Å²) in [6.07, 6.45) is -2.73. The number of ether oxygens (including phenoxy) is 1. The number of thioether (sulfide) groups is 1. The van der Waals surface area contributed by atoms with Gasteiger partial charge in [-0.05, 0) is 29.7 Å². The number of allylic oxidation sites excluding steroid dienone is 1. The summed E-state index contributed by atoms with van der Waals surface area (Å²) < 4.78 is 45.6. The van der Waals surface area contributed by atoms with E-state index in [4.69, 9.17) is 4.42 Å². The zero-order valence-electron chi connectivity index (χ0n) is 11.2. The van der Waals surface area contributed by atoms with Gasteiger partial charge in [-0.2, -0.15) is 0 Å². The van der Waals surface area contributed by atoms with Crippen molar-refractivity contribution in [2.45, 2.75) is 16.4 Å². The van der Waals surface area contributed by atoms with E-state index in [1.807, 2.05) is 11.5 Å². The summed E-state index contributed by atoms with van der Waals surface area (Å²) in [5.41, 5.74) is 0.502. The van der Waals surface area contributed by atoms with E-state index in [1.165, 1.54) is 24.3 Å². The van der Waals surface area contributed by atoms with E-state index in [-0.39, 0.29) is 21.8 Å². The number of rotatable bonds is 4. The van der Waals surface area contributed by atoms with Crippen molar-refractivity contribution in [2.75, 3.05) is 5.32 Å². The van der Waals surface area contributed by atoms with Gasteiger partial charge in [0, 0.05) is 5.69 Å². The van der Waals surface area contributed by atoms with Crippen LogP contribution in [-0.4, -0.2) is 21.4 Å². The first kappa shape index (κ1) is 16.2. The number of aromatic nitrogens is 2. The summed E-state index contributed by atoms with van der Waals surface area (Å²) in [6.45, 7) is 0. The summed E-state index contributed by atoms with van der Waals surface area (Å²) in [7, 11) is 0. The van der Waals surface area contributed by atoms with Crippen LogP contribution in [0.5, 0.6) is 5.75 Å². The Kier molecular flexibility index (Phi) is 4.53. The lowest BCUT2D eigenvalue weighted by atomic mass is 10.3. The molecular weight excluding hydrogens is 399 g/mol. The molecule has 3 rings (SSSR count). The summed E-state index contributed by atoms with van der Waals surface area (Å²) in [5, 5.41) is 12.6. The smallest absolute Gasteiger partial charge is 0.407 e. The van der Waals surface area contributed by atoms with Crippen LogP contribution < -0.4 is 10.1 Å². The van der Waals surface area contributed by atoms with Gasteiger partial charge in [-0.25, -0.2) is 0 Å². The van der Waals surface area contributed by atoms with Crippen molar-refractivity contribution in [1.82, 2.24) is 10.2 Å². The normalized spacial score (nSPS) is 20.7. The van der Waals surface area contributed by atoms with Gasteiger partial charge in [0.1, 0.15) is 11.0 Å². The van der Waals surface area contributed by atoms with Crippen LogP contribution in [-0.2, 0) is 0 Å². The van der Waals surface area contributed by atoms with Gasteiger partial charge >= 0.3 is 12.4 Å². The van der Waals surface area contributed by atoms with Crippen molar-refractivity contribution in [3.05, 3.63) is 41.6 Å². The SMILES string of the molecule is FC(F)(F)Oc1ccc(Nc2nnc(C3SC=CC3Br)o2)cc1. The first-order valence-corrected chi connectivity index (χ1v) is 8.19. The molecule has 0 fully saturated rings. The summed E-state index contributed by atoms with van der Waals surface area (Å²) in [6, 6.07) is 5.39. The highest BCUT2D eigenvalue weighted by molar-refractivity contribution is 9.09. The van der Waals surface area contributed by atoms with Crippen molar-refractivity contribution >= 4 is 39.4 Å². The molecule has 5 nitrogen and oxygen atoms in total. The molecule has 0 spiro atoms. The van der Waals surface area contributed by atoms with Crippen LogP contribution in [0.25, 0.3) is 0 Å². The van der Waals surface area contributed by atoms with Gasteiger partial charge in [0.15, 0.2) is 0 Å². The number of anilines is 2. The minimum atomic E-state index is -4.71. The highest BCUT2D eigenvalue weighted by Gasteiger charge is 2.31. The second kappa shape index (κ2) is 6.44. The molecule has 1 aliphatic heterocycles. The number of nitrogens with zero attached hydrogens (tertiary/aromatic N) is 2. The lowest BCUT2D eigenvalue weighted by Gasteiger charge is -2.09. The molecule has 0 saturated carbocycles. The minimum absolute atomic E-state index is 0.000566. The maximum Gasteiger partial charge on any atom is 0.573 e. The number of halogens is 4. The van der Waals surface area contributed by atoms with E-state index in [2.05, 4.69) is 36.2 Å². The molecule has 2 aromatic rings. The highest BCUT2D eigenvalue weighted by Crippen LogP contribution is 2.42. The molecule has 0 amide bonds. The fourth-order valence-electron chi connectivity index (χ4n) is 1.84. The predicted octanol–water partition coefficient (Wildman–Crippen LogP) is 4.78. The molecule has 10 heteroatoms. The monoisotopic (exact) mass is 407 g/mol. The minimum Gasteiger partial charge on any atom is -0.407 e. The van der Waals surface area contributed by atoms with Gasteiger partial charge < -0.3 is 14.5 Å².